The fourth-order valence-corrected chi connectivity index (χ4v) is 3.55. The van der Waals surface area contributed by atoms with E-state index in [-0.39, 0.29) is 18.1 Å². The van der Waals surface area contributed by atoms with E-state index in [1.165, 1.54) is 6.33 Å². The number of aromatic nitrogens is 2. The molecular formula is C22H24N6O4. The third-order valence-electron chi connectivity index (χ3n) is 5.17. The Bertz CT molecular complexity index is 1040. The summed E-state index contributed by atoms with van der Waals surface area (Å²) in [6.07, 6.45) is 1.33. The Morgan fingerprint density at radius 2 is 1.69 bits per heavy atom. The first kappa shape index (κ1) is 21.5. The molecule has 2 heterocycles. The van der Waals surface area contributed by atoms with Crippen molar-refractivity contribution < 1.29 is 14.8 Å². The van der Waals surface area contributed by atoms with Gasteiger partial charge in [0.2, 0.25) is 11.6 Å². The predicted octanol–water partition coefficient (Wildman–Crippen LogP) is 3.04. The van der Waals surface area contributed by atoms with Crippen LogP contribution in [0.5, 0.6) is 11.5 Å². The first-order chi connectivity index (χ1) is 15.6. The molecule has 0 unspecified atom stereocenters. The average molecular weight is 436 g/mol. The molecule has 2 N–H and O–H groups in total. The Balaban J connectivity index is 1.50. The lowest BCUT2D eigenvalue weighted by Gasteiger charge is -2.34. The standard InChI is InChI=1S/C22H24N6O4/c29-15-14-26-10-12-27(13-11-26)22-20(28(30)31)21(23-16-24-22)25-17-6-8-19(9-7-17)32-18-4-2-1-3-5-18/h1-9,16,29H,10-15H2,(H,23,24,25). The number of piperazine rings is 1. The second kappa shape index (κ2) is 10.0. The Morgan fingerprint density at radius 1 is 1.00 bits per heavy atom. The molecule has 166 valence electrons. The minimum atomic E-state index is -0.454. The third-order valence-corrected chi connectivity index (χ3v) is 5.17. The zero-order valence-electron chi connectivity index (χ0n) is 17.4. The molecule has 3 aromatic rings. The first-order valence-electron chi connectivity index (χ1n) is 10.3. The van der Waals surface area contributed by atoms with Crippen molar-refractivity contribution in [3.05, 3.63) is 71.0 Å². The summed E-state index contributed by atoms with van der Waals surface area (Å²) in [5.74, 6) is 1.80. The van der Waals surface area contributed by atoms with Crippen molar-refractivity contribution in [1.82, 2.24) is 14.9 Å². The van der Waals surface area contributed by atoms with Gasteiger partial charge in [-0.25, -0.2) is 9.97 Å². The highest BCUT2D eigenvalue weighted by molar-refractivity contribution is 5.74. The maximum atomic E-state index is 11.9. The lowest BCUT2D eigenvalue weighted by Crippen LogP contribution is -2.47. The highest BCUT2D eigenvalue weighted by Gasteiger charge is 2.29. The Labute approximate surface area is 185 Å². The van der Waals surface area contributed by atoms with Gasteiger partial charge in [-0.3, -0.25) is 15.0 Å². The zero-order valence-corrected chi connectivity index (χ0v) is 17.4. The molecule has 0 radical (unpaired) electrons. The van der Waals surface area contributed by atoms with Gasteiger partial charge in [0.05, 0.1) is 11.5 Å². The van der Waals surface area contributed by atoms with Gasteiger partial charge in [0.25, 0.3) is 0 Å². The van der Waals surface area contributed by atoms with Crippen LogP contribution in [0.15, 0.2) is 60.9 Å². The van der Waals surface area contributed by atoms with Crippen LogP contribution < -0.4 is 15.0 Å². The van der Waals surface area contributed by atoms with E-state index in [1.807, 2.05) is 35.2 Å². The number of hydrogen-bond acceptors (Lipinski definition) is 9. The summed E-state index contributed by atoms with van der Waals surface area (Å²) < 4.78 is 5.78. The number of β-amino-alcohol motifs (C(OH)–C–C–N with tert-alkyl or cyclic N) is 1. The number of nitro groups is 1. The molecule has 1 aliphatic rings. The number of benzene rings is 2. The zero-order chi connectivity index (χ0) is 22.3. The van der Waals surface area contributed by atoms with Crippen LogP contribution in [0.4, 0.5) is 23.0 Å². The lowest BCUT2D eigenvalue weighted by atomic mass is 10.2. The van der Waals surface area contributed by atoms with Crippen molar-refractivity contribution in [2.75, 3.05) is 49.5 Å². The molecule has 2 aromatic carbocycles. The second-order valence-corrected chi connectivity index (χ2v) is 7.27. The number of nitrogens with one attached hydrogen (secondary N) is 1. The first-order valence-corrected chi connectivity index (χ1v) is 10.3. The Morgan fingerprint density at radius 3 is 2.34 bits per heavy atom. The van der Waals surface area contributed by atoms with Crippen molar-refractivity contribution >= 4 is 23.0 Å². The summed E-state index contributed by atoms with van der Waals surface area (Å²) in [5.41, 5.74) is 0.485. The van der Waals surface area contributed by atoms with Crippen molar-refractivity contribution in [3.63, 3.8) is 0 Å². The number of rotatable bonds is 8. The minimum Gasteiger partial charge on any atom is -0.457 e. The van der Waals surface area contributed by atoms with Crippen LogP contribution in [0.3, 0.4) is 0 Å². The Hall–Kier alpha value is -3.76. The summed E-state index contributed by atoms with van der Waals surface area (Å²) in [5, 5.41) is 24.0. The fraction of sp³-hybridized carbons (Fsp3) is 0.273. The molecule has 10 heteroatoms. The van der Waals surface area contributed by atoms with E-state index in [4.69, 9.17) is 9.84 Å². The molecular weight excluding hydrogens is 412 g/mol. The number of para-hydroxylation sites is 1. The van der Waals surface area contributed by atoms with E-state index in [0.29, 0.717) is 50.0 Å². The molecule has 4 rings (SSSR count). The van der Waals surface area contributed by atoms with Crippen LogP contribution in [0.25, 0.3) is 0 Å². The molecule has 0 aliphatic carbocycles. The molecule has 0 bridgehead atoms. The monoisotopic (exact) mass is 436 g/mol. The predicted molar refractivity (Wildman–Crippen MR) is 121 cm³/mol. The van der Waals surface area contributed by atoms with E-state index >= 15 is 0 Å². The lowest BCUT2D eigenvalue weighted by molar-refractivity contribution is -0.383. The van der Waals surface area contributed by atoms with Gasteiger partial charge in [0.15, 0.2) is 0 Å². The number of hydrogen-bond donors (Lipinski definition) is 2. The second-order valence-electron chi connectivity index (χ2n) is 7.27. The topological polar surface area (TPSA) is 117 Å². The number of ether oxygens (including phenoxy) is 1. The molecule has 1 aromatic heterocycles. The van der Waals surface area contributed by atoms with Crippen LogP contribution >= 0.6 is 0 Å². The summed E-state index contributed by atoms with van der Waals surface area (Å²) >= 11 is 0. The average Bonchev–Trinajstić information content (AvgIpc) is 2.81. The molecule has 0 amide bonds. The van der Waals surface area contributed by atoms with Crippen molar-refractivity contribution in [2.45, 2.75) is 0 Å². The van der Waals surface area contributed by atoms with Crippen LogP contribution in [0.2, 0.25) is 0 Å². The molecule has 1 aliphatic heterocycles. The van der Waals surface area contributed by atoms with Gasteiger partial charge < -0.3 is 20.1 Å². The van der Waals surface area contributed by atoms with Crippen LogP contribution in [0, 0.1) is 10.1 Å². The highest BCUT2D eigenvalue weighted by atomic mass is 16.6. The Kier molecular flexibility index (Phi) is 6.73. The number of anilines is 3. The van der Waals surface area contributed by atoms with E-state index in [2.05, 4.69) is 20.2 Å². The van der Waals surface area contributed by atoms with Gasteiger partial charge in [-0.2, -0.15) is 0 Å². The molecule has 1 saturated heterocycles. The van der Waals surface area contributed by atoms with Gasteiger partial charge in [0, 0.05) is 38.4 Å². The van der Waals surface area contributed by atoms with Crippen molar-refractivity contribution in [1.29, 1.82) is 0 Å². The van der Waals surface area contributed by atoms with Gasteiger partial charge >= 0.3 is 5.69 Å². The molecule has 10 nitrogen and oxygen atoms in total. The summed E-state index contributed by atoms with van der Waals surface area (Å²) in [4.78, 5) is 23.8. The van der Waals surface area contributed by atoms with Gasteiger partial charge in [-0.05, 0) is 36.4 Å². The maximum absolute atomic E-state index is 11.9. The number of aliphatic hydroxyl groups excluding tert-OH is 1. The smallest absolute Gasteiger partial charge is 0.353 e. The van der Waals surface area contributed by atoms with E-state index in [1.54, 1.807) is 24.3 Å². The molecule has 32 heavy (non-hydrogen) atoms. The van der Waals surface area contributed by atoms with Crippen molar-refractivity contribution in [2.24, 2.45) is 0 Å². The van der Waals surface area contributed by atoms with Gasteiger partial charge in [0.1, 0.15) is 17.8 Å². The number of aliphatic hydroxyl groups is 1. The molecule has 0 spiro atoms. The summed E-state index contributed by atoms with van der Waals surface area (Å²) in [7, 11) is 0. The normalized spacial score (nSPS) is 14.2. The quantitative estimate of drug-likeness (QED) is 0.406. The molecule has 1 fully saturated rings. The third kappa shape index (κ3) is 5.10. The van der Waals surface area contributed by atoms with E-state index in [0.717, 1.165) is 5.75 Å². The maximum Gasteiger partial charge on any atom is 0.353 e. The van der Waals surface area contributed by atoms with Gasteiger partial charge in [-0.15, -0.1) is 0 Å². The van der Waals surface area contributed by atoms with Crippen LogP contribution in [0.1, 0.15) is 0 Å². The highest BCUT2D eigenvalue weighted by Crippen LogP contribution is 2.34. The van der Waals surface area contributed by atoms with Crippen LogP contribution in [-0.4, -0.2) is 64.2 Å². The molecule has 0 saturated carbocycles. The van der Waals surface area contributed by atoms with Crippen LogP contribution in [-0.2, 0) is 0 Å². The molecule has 0 atom stereocenters. The van der Waals surface area contributed by atoms with Crippen molar-refractivity contribution in [3.8, 4) is 11.5 Å². The summed E-state index contributed by atoms with van der Waals surface area (Å²) in [6.45, 7) is 3.26. The van der Waals surface area contributed by atoms with E-state index in [9.17, 15) is 10.1 Å². The summed E-state index contributed by atoms with van der Waals surface area (Å²) in [6, 6.07) is 16.5. The number of nitrogens with zero attached hydrogens (tertiary/aromatic N) is 5. The van der Waals surface area contributed by atoms with E-state index < -0.39 is 4.92 Å². The SMILES string of the molecule is O=[N+]([O-])c1c(Nc2ccc(Oc3ccccc3)cc2)ncnc1N1CCN(CCO)CC1. The minimum absolute atomic E-state index is 0.0941. The largest absolute Gasteiger partial charge is 0.457 e. The fourth-order valence-electron chi connectivity index (χ4n) is 3.55. The van der Waals surface area contributed by atoms with Gasteiger partial charge in [-0.1, -0.05) is 18.2 Å².